The van der Waals surface area contributed by atoms with Crippen molar-refractivity contribution in [3.05, 3.63) is 103 Å². The SMILES string of the molecule is O=Cc1cc(-c2cccc3ccccc23)cc(-c2cccc3ccccc23)c1O. The van der Waals surface area contributed by atoms with Crippen LogP contribution in [-0.4, -0.2) is 11.4 Å². The fourth-order valence-corrected chi connectivity index (χ4v) is 4.04. The lowest BCUT2D eigenvalue weighted by Crippen LogP contribution is -1.91. The third kappa shape index (κ3) is 2.86. The Morgan fingerprint density at radius 3 is 1.79 bits per heavy atom. The third-order valence-corrected chi connectivity index (χ3v) is 5.45. The van der Waals surface area contributed by atoms with Crippen molar-refractivity contribution in [3.63, 3.8) is 0 Å². The van der Waals surface area contributed by atoms with E-state index in [0.717, 1.165) is 44.5 Å². The van der Waals surface area contributed by atoms with E-state index in [2.05, 4.69) is 24.3 Å². The molecular formula is C27H18O2. The van der Waals surface area contributed by atoms with Crippen molar-refractivity contribution in [2.24, 2.45) is 0 Å². The molecule has 0 aliphatic heterocycles. The predicted molar refractivity (Wildman–Crippen MR) is 119 cm³/mol. The molecule has 29 heavy (non-hydrogen) atoms. The molecule has 0 fully saturated rings. The molecule has 5 rings (SSSR count). The molecule has 0 radical (unpaired) electrons. The van der Waals surface area contributed by atoms with Gasteiger partial charge in [0.25, 0.3) is 0 Å². The van der Waals surface area contributed by atoms with E-state index in [1.807, 2.05) is 66.7 Å². The molecule has 0 spiro atoms. The summed E-state index contributed by atoms with van der Waals surface area (Å²) in [6.45, 7) is 0. The Hall–Kier alpha value is -3.91. The third-order valence-electron chi connectivity index (χ3n) is 5.45. The molecule has 0 aromatic heterocycles. The van der Waals surface area contributed by atoms with E-state index in [9.17, 15) is 9.90 Å². The average Bonchev–Trinajstić information content (AvgIpc) is 2.78. The monoisotopic (exact) mass is 374 g/mol. The Kier molecular flexibility index (Phi) is 4.10. The summed E-state index contributed by atoms with van der Waals surface area (Å²) in [4.78, 5) is 11.8. The van der Waals surface area contributed by atoms with E-state index in [1.54, 1.807) is 6.07 Å². The fraction of sp³-hybridized carbons (Fsp3) is 0. The predicted octanol–water partition coefficient (Wildman–Crippen LogP) is 6.85. The molecule has 0 aliphatic carbocycles. The number of aldehydes is 1. The van der Waals surface area contributed by atoms with Crippen LogP contribution in [-0.2, 0) is 0 Å². The molecule has 0 saturated carbocycles. The zero-order valence-corrected chi connectivity index (χ0v) is 15.7. The number of phenolic OH excluding ortho intramolecular Hbond substituents is 1. The summed E-state index contributed by atoms with van der Waals surface area (Å²) in [5, 5.41) is 15.2. The van der Waals surface area contributed by atoms with Crippen LogP contribution in [0.2, 0.25) is 0 Å². The lowest BCUT2D eigenvalue weighted by Gasteiger charge is -2.14. The van der Waals surface area contributed by atoms with Gasteiger partial charge in [0, 0.05) is 5.56 Å². The Morgan fingerprint density at radius 1 is 0.586 bits per heavy atom. The number of rotatable bonds is 3. The van der Waals surface area contributed by atoms with Gasteiger partial charge in [-0.05, 0) is 50.4 Å². The van der Waals surface area contributed by atoms with Crippen LogP contribution in [0.3, 0.4) is 0 Å². The molecule has 5 aromatic rings. The molecule has 1 N–H and O–H groups in total. The minimum Gasteiger partial charge on any atom is -0.507 e. The Labute approximate surface area is 168 Å². The number of hydrogen-bond donors (Lipinski definition) is 1. The van der Waals surface area contributed by atoms with Crippen molar-refractivity contribution in [3.8, 4) is 28.0 Å². The highest BCUT2D eigenvalue weighted by Gasteiger charge is 2.15. The smallest absolute Gasteiger partial charge is 0.153 e. The number of benzene rings is 5. The number of carbonyl (C=O) groups excluding carboxylic acids is 1. The molecule has 2 nitrogen and oxygen atoms in total. The zero-order valence-electron chi connectivity index (χ0n) is 15.7. The number of hydrogen-bond acceptors (Lipinski definition) is 2. The molecule has 0 saturated heterocycles. The minimum absolute atomic E-state index is 0.0142. The van der Waals surface area contributed by atoms with Crippen LogP contribution in [0.15, 0.2) is 97.1 Å². The van der Waals surface area contributed by atoms with Crippen molar-refractivity contribution >= 4 is 27.8 Å². The van der Waals surface area contributed by atoms with E-state index >= 15 is 0 Å². The summed E-state index contributed by atoms with van der Waals surface area (Å²) in [5.41, 5.74) is 3.80. The maximum atomic E-state index is 11.8. The van der Waals surface area contributed by atoms with Crippen molar-refractivity contribution in [2.75, 3.05) is 0 Å². The topological polar surface area (TPSA) is 37.3 Å². The van der Waals surface area contributed by atoms with Crippen LogP contribution < -0.4 is 0 Å². The molecular weight excluding hydrogens is 356 g/mol. The summed E-state index contributed by atoms with van der Waals surface area (Å²) in [6, 6.07) is 32.1. The average molecular weight is 374 g/mol. The van der Waals surface area contributed by atoms with Gasteiger partial charge in [-0.3, -0.25) is 4.79 Å². The second-order valence-corrected chi connectivity index (χ2v) is 7.13. The Morgan fingerprint density at radius 2 is 1.14 bits per heavy atom. The second kappa shape index (κ2) is 6.92. The molecule has 0 aliphatic rings. The fourth-order valence-electron chi connectivity index (χ4n) is 4.04. The Bertz CT molecular complexity index is 1370. The number of phenols is 1. The molecule has 2 heteroatoms. The summed E-state index contributed by atoms with van der Waals surface area (Å²) in [5.74, 6) is 0.0142. The van der Waals surface area contributed by atoms with Crippen molar-refractivity contribution < 1.29 is 9.90 Å². The lowest BCUT2D eigenvalue weighted by molar-refractivity contribution is 0.112. The van der Waals surface area contributed by atoms with Crippen LogP contribution in [0, 0.1) is 0 Å². The van der Waals surface area contributed by atoms with E-state index in [0.29, 0.717) is 11.1 Å². The first kappa shape index (κ1) is 17.2. The molecule has 0 heterocycles. The highest BCUT2D eigenvalue weighted by molar-refractivity contribution is 6.03. The van der Waals surface area contributed by atoms with E-state index in [1.165, 1.54) is 0 Å². The molecule has 138 valence electrons. The van der Waals surface area contributed by atoms with Gasteiger partial charge in [0.15, 0.2) is 6.29 Å². The largest absolute Gasteiger partial charge is 0.507 e. The van der Waals surface area contributed by atoms with Crippen LogP contribution in [0.1, 0.15) is 10.4 Å². The van der Waals surface area contributed by atoms with Gasteiger partial charge in [-0.2, -0.15) is 0 Å². The van der Waals surface area contributed by atoms with Crippen molar-refractivity contribution in [1.29, 1.82) is 0 Å². The highest BCUT2D eigenvalue weighted by atomic mass is 16.3. The standard InChI is InChI=1S/C27H18O2/c28-17-21-15-20(24-13-5-9-18-7-1-3-11-22(18)24)16-26(27(21)29)25-14-6-10-19-8-2-4-12-23(19)25/h1-17,29H. The van der Waals surface area contributed by atoms with E-state index in [4.69, 9.17) is 0 Å². The maximum Gasteiger partial charge on any atom is 0.153 e. The van der Waals surface area contributed by atoms with Gasteiger partial charge in [-0.25, -0.2) is 0 Å². The van der Waals surface area contributed by atoms with Crippen LogP contribution in [0.4, 0.5) is 0 Å². The first-order chi connectivity index (χ1) is 14.3. The second-order valence-electron chi connectivity index (χ2n) is 7.13. The number of aromatic hydroxyl groups is 1. The summed E-state index contributed by atoms with van der Waals surface area (Å²) >= 11 is 0. The quantitative estimate of drug-likeness (QED) is 0.351. The van der Waals surface area contributed by atoms with Gasteiger partial charge >= 0.3 is 0 Å². The summed E-state index contributed by atoms with van der Waals surface area (Å²) in [6.07, 6.45) is 0.721. The van der Waals surface area contributed by atoms with Crippen LogP contribution in [0.25, 0.3) is 43.8 Å². The molecule has 0 unspecified atom stereocenters. The van der Waals surface area contributed by atoms with Crippen molar-refractivity contribution in [2.45, 2.75) is 0 Å². The first-order valence-corrected chi connectivity index (χ1v) is 9.55. The van der Waals surface area contributed by atoms with E-state index < -0.39 is 0 Å². The normalized spacial score (nSPS) is 11.0. The Balaban J connectivity index is 1.83. The van der Waals surface area contributed by atoms with Crippen LogP contribution in [0.5, 0.6) is 5.75 Å². The molecule has 5 aromatic carbocycles. The highest BCUT2D eigenvalue weighted by Crippen LogP contribution is 2.40. The van der Waals surface area contributed by atoms with Gasteiger partial charge in [0.2, 0.25) is 0 Å². The van der Waals surface area contributed by atoms with Gasteiger partial charge in [-0.15, -0.1) is 0 Å². The van der Waals surface area contributed by atoms with E-state index in [-0.39, 0.29) is 5.75 Å². The summed E-state index contributed by atoms with van der Waals surface area (Å²) in [7, 11) is 0. The number of fused-ring (bicyclic) bond motifs is 2. The van der Waals surface area contributed by atoms with Gasteiger partial charge in [0.05, 0.1) is 5.56 Å². The lowest BCUT2D eigenvalue weighted by atomic mass is 9.91. The number of carbonyl (C=O) groups is 1. The van der Waals surface area contributed by atoms with Gasteiger partial charge in [0.1, 0.15) is 5.75 Å². The maximum absolute atomic E-state index is 11.8. The van der Waals surface area contributed by atoms with Crippen LogP contribution >= 0.6 is 0 Å². The molecule has 0 bridgehead atoms. The van der Waals surface area contributed by atoms with Gasteiger partial charge < -0.3 is 5.11 Å². The molecule has 0 atom stereocenters. The van der Waals surface area contributed by atoms with Crippen molar-refractivity contribution in [1.82, 2.24) is 0 Å². The zero-order chi connectivity index (χ0) is 19.8. The summed E-state index contributed by atoms with van der Waals surface area (Å²) < 4.78 is 0. The molecule has 0 amide bonds. The van der Waals surface area contributed by atoms with Gasteiger partial charge in [-0.1, -0.05) is 84.9 Å². The minimum atomic E-state index is 0.0142. The first-order valence-electron chi connectivity index (χ1n) is 9.55.